The van der Waals surface area contributed by atoms with Gasteiger partial charge in [0.2, 0.25) is 0 Å². The molecule has 0 amide bonds. The van der Waals surface area contributed by atoms with Gasteiger partial charge in [-0.2, -0.15) is 0 Å². The van der Waals surface area contributed by atoms with Gasteiger partial charge in [0.1, 0.15) is 5.82 Å². The molecule has 0 fully saturated rings. The molecular formula is C14H14BrFN2. The third kappa shape index (κ3) is 2.82. The van der Waals surface area contributed by atoms with Crippen LogP contribution in [0, 0.1) is 5.82 Å². The monoisotopic (exact) mass is 308 g/mol. The third-order valence-electron chi connectivity index (χ3n) is 2.73. The van der Waals surface area contributed by atoms with Gasteiger partial charge < -0.3 is 10.6 Å². The molecule has 0 radical (unpaired) electrons. The molecule has 94 valence electrons. The van der Waals surface area contributed by atoms with Crippen molar-refractivity contribution in [2.45, 2.75) is 6.54 Å². The van der Waals surface area contributed by atoms with Crippen LogP contribution in [0.25, 0.3) is 0 Å². The number of nitrogens with zero attached hydrogens (tertiary/aromatic N) is 1. The van der Waals surface area contributed by atoms with E-state index in [-0.39, 0.29) is 5.82 Å². The Morgan fingerprint density at radius 3 is 2.44 bits per heavy atom. The second-order valence-electron chi connectivity index (χ2n) is 4.16. The molecule has 2 rings (SSSR count). The van der Waals surface area contributed by atoms with E-state index < -0.39 is 0 Å². The second kappa shape index (κ2) is 5.40. The molecule has 0 unspecified atom stereocenters. The summed E-state index contributed by atoms with van der Waals surface area (Å²) in [5.41, 5.74) is 7.81. The Hall–Kier alpha value is -1.55. The lowest BCUT2D eigenvalue weighted by Gasteiger charge is -2.21. The maximum Gasteiger partial charge on any atom is 0.148 e. The number of rotatable bonds is 3. The highest BCUT2D eigenvalue weighted by Crippen LogP contribution is 2.26. The molecule has 4 heteroatoms. The van der Waals surface area contributed by atoms with E-state index in [1.807, 2.05) is 36.2 Å². The van der Waals surface area contributed by atoms with Crippen molar-refractivity contribution in [1.29, 1.82) is 0 Å². The number of hydrogen-bond donors (Lipinski definition) is 1. The lowest BCUT2D eigenvalue weighted by molar-refractivity contribution is 0.623. The van der Waals surface area contributed by atoms with Crippen molar-refractivity contribution in [2.24, 2.45) is 0 Å². The fraction of sp³-hybridized carbons (Fsp3) is 0.143. The summed E-state index contributed by atoms with van der Waals surface area (Å²) in [6, 6.07) is 12.7. The quantitative estimate of drug-likeness (QED) is 0.874. The van der Waals surface area contributed by atoms with Crippen molar-refractivity contribution in [3.63, 3.8) is 0 Å². The van der Waals surface area contributed by atoms with Crippen LogP contribution in [0.3, 0.4) is 0 Å². The zero-order chi connectivity index (χ0) is 13.1. The van der Waals surface area contributed by atoms with E-state index in [9.17, 15) is 4.39 Å². The first-order chi connectivity index (χ1) is 8.58. The van der Waals surface area contributed by atoms with Gasteiger partial charge in [0, 0.05) is 18.1 Å². The van der Waals surface area contributed by atoms with Crippen LogP contribution >= 0.6 is 15.9 Å². The lowest BCUT2D eigenvalue weighted by atomic mass is 10.2. The van der Waals surface area contributed by atoms with Crippen LogP contribution in [-0.2, 0) is 6.54 Å². The van der Waals surface area contributed by atoms with Gasteiger partial charge in [-0.15, -0.1) is 0 Å². The Labute approximate surface area is 114 Å². The van der Waals surface area contributed by atoms with Gasteiger partial charge >= 0.3 is 0 Å². The lowest BCUT2D eigenvalue weighted by Crippen LogP contribution is -2.19. The molecule has 2 aromatic carbocycles. The predicted molar refractivity (Wildman–Crippen MR) is 77.1 cm³/mol. The first kappa shape index (κ1) is 12.9. The average Bonchev–Trinajstić information content (AvgIpc) is 2.32. The summed E-state index contributed by atoms with van der Waals surface area (Å²) in [7, 11) is 1.83. The third-order valence-corrected chi connectivity index (χ3v) is 3.26. The fourth-order valence-corrected chi connectivity index (χ4v) is 2.14. The molecule has 2 aromatic rings. The minimum atomic E-state index is -0.297. The number of nitrogens with two attached hydrogens (primary N) is 1. The summed E-state index contributed by atoms with van der Waals surface area (Å²) >= 11 is 3.39. The molecule has 0 heterocycles. The number of hydrogen-bond acceptors (Lipinski definition) is 2. The molecule has 0 bridgehead atoms. The molecule has 18 heavy (non-hydrogen) atoms. The van der Waals surface area contributed by atoms with Crippen molar-refractivity contribution in [1.82, 2.24) is 0 Å². The number of halogens is 2. The molecule has 2 N–H and O–H groups in total. The van der Waals surface area contributed by atoms with Crippen molar-refractivity contribution < 1.29 is 4.39 Å². The predicted octanol–water partition coefficient (Wildman–Crippen LogP) is 3.81. The summed E-state index contributed by atoms with van der Waals surface area (Å²) in [6.45, 7) is 0.610. The maximum absolute atomic E-state index is 13.7. The van der Waals surface area contributed by atoms with Crippen molar-refractivity contribution in [2.75, 3.05) is 17.7 Å². The summed E-state index contributed by atoms with van der Waals surface area (Å²) in [5.74, 6) is -0.297. The van der Waals surface area contributed by atoms with E-state index in [1.165, 1.54) is 6.07 Å². The van der Waals surface area contributed by atoms with Crippen molar-refractivity contribution >= 4 is 27.3 Å². The van der Waals surface area contributed by atoms with E-state index in [0.717, 1.165) is 10.0 Å². The van der Waals surface area contributed by atoms with Crippen LogP contribution in [-0.4, -0.2) is 7.05 Å². The van der Waals surface area contributed by atoms with E-state index in [1.54, 1.807) is 12.1 Å². The van der Waals surface area contributed by atoms with Crippen LogP contribution in [0.15, 0.2) is 46.9 Å². The van der Waals surface area contributed by atoms with Gasteiger partial charge in [-0.3, -0.25) is 0 Å². The number of benzene rings is 2. The van der Waals surface area contributed by atoms with Gasteiger partial charge in [-0.25, -0.2) is 4.39 Å². The Morgan fingerprint density at radius 1 is 1.17 bits per heavy atom. The van der Waals surface area contributed by atoms with Gasteiger partial charge in [0.05, 0.1) is 11.4 Å². The van der Waals surface area contributed by atoms with Gasteiger partial charge in [-0.1, -0.05) is 34.1 Å². The average molecular weight is 309 g/mol. The molecular weight excluding hydrogens is 295 g/mol. The molecule has 0 spiro atoms. The SMILES string of the molecule is CN(Cc1ccc(Br)cc1)c1c(N)cccc1F. The van der Waals surface area contributed by atoms with E-state index in [0.29, 0.717) is 17.9 Å². The zero-order valence-electron chi connectivity index (χ0n) is 10.0. The number of para-hydroxylation sites is 1. The topological polar surface area (TPSA) is 29.3 Å². The molecule has 0 atom stereocenters. The zero-order valence-corrected chi connectivity index (χ0v) is 11.6. The Bertz CT molecular complexity index is 520. The Balaban J connectivity index is 2.22. The second-order valence-corrected chi connectivity index (χ2v) is 5.08. The molecule has 0 aliphatic heterocycles. The highest BCUT2D eigenvalue weighted by molar-refractivity contribution is 9.10. The molecule has 0 saturated heterocycles. The standard InChI is InChI=1S/C14H14BrFN2/c1-18(9-10-5-7-11(15)8-6-10)14-12(16)3-2-4-13(14)17/h2-8H,9,17H2,1H3. The molecule has 2 nitrogen and oxygen atoms in total. The number of nitrogen functional groups attached to an aromatic ring is 1. The molecule has 0 aliphatic rings. The normalized spacial score (nSPS) is 10.4. The van der Waals surface area contributed by atoms with Crippen LogP contribution < -0.4 is 10.6 Å². The fourth-order valence-electron chi connectivity index (χ4n) is 1.88. The summed E-state index contributed by atoms with van der Waals surface area (Å²) < 4.78 is 14.8. The molecule has 0 saturated carbocycles. The van der Waals surface area contributed by atoms with Crippen molar-refractivity contribution in [3.05, 3.63) is 58.3 Å². The van der Waals surface area contributed by atoms with Crippen LogP contribution in [0.1, 0.15) is 5.56 Å². The van der Waals surface area contributed by atoms with Gasteiger partial charge in [0.15, 0.2) is 0 Å². The van der Waals surface area contributed by atoms with Crippen LogP contribution in [0.2, 0.25) is 0 Å². The van der Waals surface area contributed by atoms with E-state index >= 15 is 0 Å². The summed E-state index contributed by atoms with van der Waals surface area (Å²) in [4.78, 5) is 1.81. The van der Waals surface area contributed by atoms with Gasteiger partial charge in [0.25, 0.3) is 0 Å². The van der Waals surface area contributed by atoms with Crippen LogP contribution in [0.4, 0.5) is 15.8 Å². The first-order valence-corrected chi connectivity index (χ1v) is 6.37. The summed E-state index contributed by atoms with van der Waals surface area (Å²) in [6.07, 6.45) is 0. The van der Waals surface area contributed by atoms with Gasteiger partial charge in [-0.05, 0) is 29.8 Å². The Kier molecular flexibility index (Phi) is 3.87. The van der Waals surface area contributed by atoms with E-state index in [4.69, 9.17) is 5.73 Å². The van der Waals surface area contributed by atoms with E-state index in [2.05, 4.69) is 15.9 Å². The Morgan fingerprint density at radius 2 is 1.83 bits per heavy atom. The van der Waals surface area contributed by atoms with Crippen LogP contribution in [0.5, 0.6) is 0 Å². The first-order valence-electron chi connectivity index (χ1n) is 5.57. The molecule has 0 aliphatic carbocycles. The minimum Gasteiger partial charge on any atom is -0.397 e. The van der Waals surface area contributed by atoms with Crippen molar-refractivity contribution in [3.8, 4) is 0 Å². The maximum atomic E-state index is 13.7. The highest BCUT2D eigenvalue weighted by Gasteiger charge is 2.11. The number of anilines is 2. The summed E-state index contributed by atoms with van der Waals surface area (Å²) in [5, 5.41) is 0. The smallest absolute Gasteiger partial charge is 0.148 e. The highest BCUT2D eigenvalue weighted by atomic mass is 79.9. The largest absolute Gasteiger partial charge is 0.397 e. The minimum absolute atomic E-state index is 0.297. The molecule has 0 aromatic heterocycles.